The molecular weight excluding hydrogens is 395 g/mol. The normalized spacial score (nSPS) is 12.0. The van der Waals surface area contributed by atoms with Crippen molar-refractivity contribution in [3.63, 3.8) is 0 Å². The standard InChI is InChI=1S/C18H14F3N3O3S/c19-18(20,21)14-3-1-2-4-15(14)28(26,27)24-17-16(22-9-10-23-17)13-7-5-12(11-25)6-8-13/h1-10,25H,11H2,(H,23,24). The van der Waals surface area contributed by atoms with Gasteiger partial charge in [-0.25, -0.2) is 13.4 Å². The molecule has 1 aromatic heterocycles. The monoisotopic (exact) mass is 409 g/mol. The Bertz CT molecular complexity index is 1080. The van der Waals surface area contributed by atoms with E-state index in [2.05, 4.69) is 14.7 Å². The Balaban J connectivity index is 2.03. The molecule has 0 fully saturated rings. The third-order valence-corrected chi connectivity index (χ3v) is 5.22. The zero-order valence-electron chi connectivity index (χ0n) is 14.2. The maximum atomic E-state index is 13.2. The Kier molecular flexibility index (Phi) is 5.34. The fourth-order valence-corrected chi connectivity index (χ4v) is 3.75. The van der Waals surface area contributed by atoms with Crippen molar-refractivity contribution >= 4 is 15.8 Å². The zero-order valence-corrected chi connectivity index (χ0v) is 15.0. The zero-order chi connectivity index (χ0) is 20.4. The van der Waals surface area contributed by atoms with Crippen LogP contribution in [0.5, 0.6) is 0 Å². The molecule has 10 heteroatoms. The van der Waals surface area contributed by atoms with Crippen molar-refractivity contribution in [3.05, 3.63) is 72.1 Å². The summed E-state index contributed by atoms with van der Waals surface area (Å²) in [5.74, 6) is -0.212. The molecule has 0 unspecified atom stereocenters. The van der Waals surface area contributed by atoms with Crippen LogP contribution in [0.1, 0.15) is 11.1 Å². The van der Waals surface area contributed by atoms with E-state index in [1.165, 1.54) is 18.5 Å². The highest BCUT2D eigenvalue weighted by molar-refractivity contribution is 7.92. The third-order valence-electron chi connectivity index (χ3n) is 3.82. The van der Waals surface area contributed by atoms with Crippen LogP contribution < -0.4 is 4.72 Å². The van der Waals surface area contributed by atoms with Crippen LogP contribution in [0, 0.1) is 0 Å². The number of aliphatic hydroxyl groups excluding tert-OH is 1. The first-order valence-electron chi connectivity index (χ1n) is 7.92. The van der Waals surface area contributed by atoms with Gasteiger partial charge in [0.2, 0.25) is 0 Å². The Morgan fingerprint density at radius 2 is 1.61 bits per heavy atom. The molecule has 0 aliphatic carbocycles. The molecule has 0 radical (unpaired) electrons. The van der Waals surface area contributed by atoms with Crippen LogP contribution in [0.3, 0.4) is 0 Å². The number of nitrogens with one attached hydrogen (secondary N) is 1. The SMILES string of the molecule is O=S(=O)(Nc1nccnc1-c1ccc(CO)cc1)c1ccccc1C(F)(F)F. The van der Waals surface area contributed by atoms with E-state index < -0.39 is 26.7 Å². The van der Waals surface area contributed by atoms with Crippen LogP contribution in [0.25, 0.3) is 11.3 Å². The van der Waals surface area contributed by atoms with Gasteiger partial charge in [-0.15, -0.1) is 0 Å². The quantitative estimate of drug-likeness (QED) is 0.673. The smallest absolute Gasteiger partial charge is 0.392 e. The molecule has 146 valence electrons. The molecule has 0 saturated carbocycles. The minimum Gasteiger partial charge on any atom is -0.392 e. The van der Waals surface area contributed by atoms with E-state index in [1.54, 1.807) is 24.3 Å². The molecule has 0 atom stereocenters. The number of hydrogen-bond acceptors (Lipinski definition) is 5. The molecule has 0 amide bonds. The predicted octanol–water partition coefficient (Wildman–Crippen LogP) is 3.46. The molecule has 1 heterocycles. The number of aliphatic hydroxyl groups is 1. The van der Waals surface area contributed by atoms with Crippen LogP contribution >= 0.6 is 0 Å². The van der Waals surface area contributed by atoms with Gasteiger partial charge in [0.25, 0.3) is 10.0 Å². The lowest BCUT2D eigenvalue weighted by Gasteiger charge is -2.15. The molecule has 0 bridgehead atoms. The first-order valence-corrected chi connectivity index (χ1v) is 9.41. The summed E-state index contributed by atoms with van der Waals surface area (Å²) in [6.07, 6.45) is -2.29. The highest BCUT2D eigenvalue weighted by Gasteiger charge is 2.37. The summed E-state index contributed by atoms with van der Waals surface area (Å²) in [7, 11) is -4.58. The van der Waals surface area contributed by atoms with Crippen molar-refractivity contribution in [2.45, 2.75) is 17.7 Å². The average molecular weight is 409 g/mol. The minimum absolute atomic E-state index is 0.139. The molecule has 28 heavy (non-hydrogen) atoms. The van der Waals surface area contributed by atoms with E-state index >= 15 is 0 Å². The first kappa shape index (κ1) is 19.8. The van der Waals surface area contributed by atoms with E-state index in [0.29, 0.717) is 17.2 Å². The predicted molar refractivity (Wildman–Crippen MR) is 95.6 cm³/mol. The second kappa shape index (κ2) is 7.56. The summed E-state index contributed by atoms with van der Waals surface area (Å²) < 4.78 is 67.0. The number of alkyl halides is 3. The van der Waals surface area contributed by atoms with Crippen LogP contribution in [-0.2, 0) is 22.8 Å². The molecule has 3 rings (SSSR count). The van der Waals surface area contributed by atoms with Gasteiger partial charge >= 0.3 is 6.18 Å². The number of halogens is 3. The molecule has 0 spiro atoms. The summed E-state index contributed by atoms with van der Waals surface area (Å²) in [6, 6.07) is 10.3. The minimum atomic E-state index is -4.84. The van der Waals surface area contributed by atoms with E-state index in [0.717, 1.165) is 12.1 Å². The van der Waals surface area contributed by atoms with Gasteiger partial charge in [0.15, 0.2) is 5.82 Å². The van der Waals surface area contributed by atoms with Crippen molar-refractivity contribution in [1.82, 2.24) is 9.97 Å². The summed E-state index contributed by atoms with van der Waals surface area (Å²) in [4.78, 5) is 7.09. The fraction of sp³-hybridized carbons (Fsp3) is 0.111. The van der Waals surface area contributed by atoms with E-state index in [4.69, 9.17) is 5.11 Å². The Morgan fingerprint density at radius 3 is 2.25 bits per heavy atom. The molecule has 0 aliphatic heterocycles. The molecular formula is C18H14F3N3O3S. The second-order valence-electron chi connectivity index (χ2n) is 5.71. The lowest BCUT2D eigenvalue weighted by molar-refractivity contribution is -0.139. The largest absolute Gasteiger partial charge is 0.417 e. The number of aromatic nitrogens is 2. The van der Waals surface area contributed by atoms with E-state index in [1.807, 2.05) is 0 Å². The summed E-state index contributed by atoms with van der Waals surface area (Å²) >= 11 is 0. The molecule has 0 saturated heterocycles. The van der Waals surface area contributed by atoms with Crippen LogP contribution in [0.2, 0.25) is 0 Å². The summed E-state index contributed by atoms with van der Waals surface area (Å²) in [5.41, 5.74) is -0.0266. The molecule has 2 aromatic carbocycles. The van der Waals surface area contributed by atoms with Crippen LogP contribution in [0.4, 0.5) is 19.0 Å². The number of nitrogens with zero attached hydrogens (tertiary/aromatic N) is 2. The van der Waals surface area contributed by atoms with Crippen molar-refractivity contribution < 1.29 is 26.7 Å². The maximum Gasteiger partial charge on any atom is 0.417 e. The number of anilines is 1. The molecule has 2 N–H and O–H groups in total. The number of sulfonamides is 1. The van der Waals surface area contributed by atoms with Gasteiger partial charge in [-0.3, -0.25) is 9.71 Å². The molecule has 6 nitrogen and oxygen atoms in total. The Hall–Kier alpha value is -2.98. The van der Waals surface area contributed by atoms with Crippen molar-refractivity contribution in [1.29, 1.82) is 0 Å². The Morgan fingerprint density at radius 1 is 0.964 bits per heavy atom. The van der Waals surface area contributed by atoms with Crippen LogP contribution in [0.15, 0.2) is 65.8 Å². The van der Waals surface area contributed by atoms with Gasteiger partial charge in [0.1, 0.15) is 5.69 Å². The number of rotatable bonds is 5. The van der Waals surface area contributed by atoms with E-state index in [-0.39, 0.29) is 18.1 Å². The van der Waals surface area contributed by atoms with Gasteiger partial charge in [-0.2, -0.15) is 13.2 Å². The van der Waals surface area contributed by atoms with Gasteiger partial charge in [-0.1, -0.05) is 36.4 Å². The van der Waals surface area contributed by atoms with Crippen molar-refractivity contribution in [2.75, 3.05) is 4.72 Å². The Labute approximate surface area is 158 Å². The van der Waals surface area contributed by atoms with Crippen LogP contribution in [-0.4, -0.2) is 23.5 Å². The highest BCUT2D eigenvalue weighted by atomic mass is 32.2. The lowest BCUT2D eigenvalue weighted by atomic mass is 10.1. The molecule has 0 aliphatic rings. The summed E-state index contributed by atoms with van der Waals surface area (Å²) in [6.45, 7) is -0.172. The summed E-state index contributed by atoms with van der Waals surface area (Å²) in [5, 5.41) is 9.11. The fourth-order valence-electron chi connectivity index (χ4n) is 2.51. The van der Waals surface area contributed by atoms with Crippen molar-refractivity contribution in [2.24, 2.45) is 0 Å². The topological polar surface area (TPSA) is 92.2 Å². The average Bonchev–Trinajstić information content (AvgIpc) is 2.68. The van der Waals surface area contributed by atoms with Gasteiger partial charge in [-0.05, 0) is 17.7 Å². The van der Waals surface area contributed by atoms with Gasteiger partial charge in [0.05, 0.1) is 17.1 Å². The highest BCUT2D eigenvalue weighted by Crippen LogP contribution is 2.35. The number of hydrogen-bond donors (Lipinski definition) is 2. The van der Waals surface area contributed by atoms with Gasteiger partial charge < -0.3 is 5.11 Å². The molecule has 3 aromatic rings. The number of benzene rings is 2. The third kappa shape index (κ3) is 4.12. The van der Waals surface area contributed by atoms with Gasteiger partial charge in [0, 0.05) is 18.0 Å². The maximum absolute atomic E-state index is 13.2. The van der Waals surface area contributed by atoms with E-state index in [9.17, 15) is 21.6 Å². The second-order valence-corrected chi connectivity index (χ2v) is 7.36. The van der Waals surface area contributed by atoms with Crippen molar-refractivity contribution in [3.8, 4) is 11.3 Å². The lowest BCUT2D eigenvalue weighted by Crippen LogP contribution is -2.20. The first-order chi connectivity index (χ1) is 13.2.